The molecule has 1 aliphatic heterocycles. The SMILES string of the molecule is Cn1cc(CC(=O)Nc2ccc3cc2CCc2cccc(c2)Nc2ncc(Cl)c(n2)N3)c2ccccc21.O=C(O)C(F)(F)F. The Hall–Kier alpha value is -5.10. The number of carboxylic acid groups (broad SMARTS) is 1. The van der Waals surface area contributed by atoms with Gasteiger partial charge in [-0.15, -0.1) is 0 Å². The van der Waals surface area contributed by atoms with Crippen LogP contribution in [0.3, 0.4) is 0 Å². The molecule has 6 rings (SSSR count). The van der Waals surface area contributed by atoms with Gasteiger partial charge in [0.05, 0.1) is 12.6 Å². The first-order valence-electron chi connectivity index (χ1n) is 13.4. The summed E-state index contributed by atoms with van der Waals surface area (Å²) in [6.45, 7) is 0. The van der Waals surface area contributed by atoms with Crippen LogP contribution in [0.4, 0.5) is 42.0 Å². The summed E-state index contributed by atoms with van der Waals surface area (Å²) in [6.07, 6.45) is 0.379. The number of aromatic nitrogens is 3. The van der Waals surface area contributed by atoms with Crippen molar-refractivity contribution in [3.05, 3.63) is 101 Å². The maximum Gasteiger partial charge on any atom is 0.490 e. The lowest BCUT2D eigenvalue weighted by molar-refractivity contribution is -0.192. The predicted molar refractivity (Wildman–Crippen MR) is 163 cm³/mol. The Bertz CT molecular complexity index is 1860. The maximum absolute atomic E-state index is 13.2. The minimum atomic E-state index is -5.08. The van der Waals surface area contributed by atoms with Crippen molar-refractivity contribution in [2.75, 3.05) is 16.0 Å². The van der Waals surface area contributed by atoms with Crippen LogP contribution in [0.15, 0.2) is 79.1 Å². The van der Waals surface area contributed by atoms with Gasteiger partial charge in [-0.05, 0) is 65.9 Å². The van der Waals surface area contributed by atoms with E-state index < -0.39 is 12.1 Å². The van der Waals surface area contributed by atoms with Gasteiger partial charge in [-0.25, -0.2) is 9.78 Å². The van der Waals surface area contributed by atoms with Crippen molar-refractivity contribution in [2.45, 2.75) is 25.4 Å². The van der Waals surface area contributed by atoms with Gasteiger partial charge >= 0.3 is 12.1 Å². The molecule has 3 aromatic carbocycles. The Morgan fingerprint density at radius 1 is 1.02 bits per heavy atom. The Morgan fingerprint density at radius 3 is 2.55 bits per heavy atom. The van der Waals surface area contributed by atoms with Crippen molar-refractivity contribution in [1.82, 2.24) is 14.5 Å². The molecule has 1 aliphatic rings. The first-order valence-corrected chi connectivity index (χ1v) is 13.8. The summed E-state index contributed by atoms with van der Waals surface area (Å²) in [4.78, 5) is 30.9. The highest BCUT2D eigenvalue weighted by Gasteiger charge is 2.38. The zero-order valence-electron chi connectivity index (χ0n) is 23.2. The lowest BCUT2D eigenvalue weighted by Gasteiger charge is -2.15. The van der Waals surface area contributed by atoms with Gasteiger partial charge in [0.2, 0.25) is 11.9 Å². The van der Waals surface area contributed by atoms with E-state index in [1.807, 2.05) is 55.7 Å². The maximum atomic E-state index is 13.2. The number of aryl methyl sites for hydroxylation is 3. The lowest BCUT2D eigenvalue weighted by Crippen LogP contribution is -2.21. The van der Waals surface area contributed by atoms with Crippen LogP contribution in [0, 0.1) is 0 Å². The van der Waals surface area contributed by atoms with Crippen LogP contribution in [0.2, 0.25) is 5.02 Å². The van der Waals surface area contributed by atoms with Crippen molar-refractivity contribution in [1.29, 1.82) is 0 Å². The topological polar surface area (TPSA) is 121 Å². The molecule has 0 saturated carbocycles. The molecule has 0 fully saturated rings. The third-order valence-corrected chi connectivity index (χ3v) is 7.10. The molecule has 9 nitrogen and oxygen atoms in total. The molecular weight excluding hydrogens is 597 g/mol. The van der Waals surface area contributed by atoms with Gasteiger partial charge in [0.1, 0.15) is 5.02 Å². The number of hydrogen-bond donors (Lipinski definition) is 4. The van der Waals surface area contributed by atoms with Crippen LogP contribution in [0.25, 0.3) is 10.9 Å². The molecule has 0 aliphatic carbocycles. The van der Waals surface area contributed by atoms with Crippen LogP contribution in [-0.2, 0) is 35.9 Å². The quantitative estimate of drug-likeness (QED) is 0.171. The number of anilines is 5. The molecule has 13 heteroatoms. The molecule has 3 heterocycles. The number of carbonyl (C=O) groups is 2. The van der Waals surface area contributed by atoms with Gasteiger partial charge in [0.25, 0.3) is 0 Å². The van der Waals surface area contributed by atoms with E-state index in [-0.39, 0.29) is 5.91 Å². The van der Waals surface area contributed by atoms with Gasteiger partial charge in [-0.2, -0.15) is 18.2 Å². The van der Waals surface area contributed by atoms with Crippen LogP contribution >= 0.6 is 11.6 Å². The van der Waals surface area contributed by atoms with E-state index in [4.69, 9.17) is 21.5 Å². The van der Waals surface area contributed by atoms with Crippen molar-refractivity contribution in [3.8, 4) is 0 Å². The molecule has 44 heavy (non-hydrogen) atoms. The minimum absolute atomic E-state index is 0.0501. The summed E-state index contributed by atoms with van der Waals surface area (Å²) in [6, 6.07) is 22.2. The van der Waals surface area contributed by atoms with E-state index in [9.17, 15) is 18.0 Å². The third kappa shape index (κ3) is 7.27. The number of para-hydroxylation sites is 1. The third-order valence-electron chi connectivity index (χ3n) is 6.83. The second-order valence-electron chi connectivity index (χ2n) is 10.0. The molecule has 0 saturated heterocycles. The Morgan fingerprint density at radius 2 is 1.77 bits per heavy atom. The summed E-state index contributed by atoms with van der Waals surface area (Å²) in [5.74, 6) is -1.84. The number of nitrogens with one attached hydrogen (secondary N) is 3. The fourth-order valence-electron chi connectivity index (χ4n) is 4.80. The highest BCUT2D eigenvalue weighted by molar-refractivity contribution is 6.32. The lowest BCUT2D eigenvalue weighted by atomic mass is 10.0. The molecule has 5 aromatic rings. The fourth-order valence-corrected chi connectivity index (χ4v) is 4.94. The Kier molecular flexibility index (Phi) is 8.72. The highest BCUT2D eigenvalue weighted by Crippen LogP contribution is 2.30. The summed E-state index contributed by atoms with van der Waals surface area (Å²) < 4.78 is 33.8. The number of hydrogen-bond acceptors (Lipinski definition) is 6. The van der Waals surface area contributed by atoms with E-state index in [0.29, 0.717) is 23.2 Å². The molecule has 0 spiro atoms. The fraction of sp³-hybridized carbons (Fsp3) is 0.161. The number of rotatable bonds is 3. The van der Waals surface area contributed by atoms with E-state index in [0.717, 1.165) is 51.9 Å². The number of nitrogens with zero attached hydrogens (tertiary/aromatic N) is 3. The normalized spacial score (nSPS) is 12.3. The zero-order valence-corrected chi connectivity index (χ0v) is 24.0. The van der Waals surface area contributed by atoms with Crippen LogP contribution < -0.4 is 16.0 Å². The molecule has 0 radical (unpaired) electrons. The van der Waals surface area contributed by atoms with Gasteiger partial charge < -0.3 is 25.6 Å². The Balaban J connectivity index is 0.000000493. The summed E-state index contributed by atoms with van der Waals surface area (Å²) in [5.41, 5.74) is 6.85. The summed E-state index contributed by atoms with van der Waals surface area (Å²) in [7, 11) is 2.00. The second kappa shape index (κ2) is 12.6. The zero-order chi connectivity index (χ0) is 31.4. The van der Waals surface area contributed by atoms with Gasteiger partial charge in [-0.1, -0.05) is 41.9 Å². The Labute approximate surface area is 254 Å². The number of carbonyl (C=O) groups excluding carboxylic acids is 1. The average Bonchev–Trinajstić information content (AvgIpc) is 3.29. The standard InChI is InChI=1S/C29H25ClN6O.C2HF3O2/c1-36-17-20(23-7-2-3-8-26(23)36)15-27(37)34-25-12-11-22-14-19(25)10-9-18-5-4-6-21(13-18)33-29-31-16-24(30)28(32-22)35-29;3-2(4,5)1(6)7/h2-8,11-14,16-17H,9-10,15H2,1H3,(H,34,37)(H2,31,32,33,35);(H,6,7). The second-order valence-corrected chi connectivity index (χ2v) is 10.4. The van der Waals surface area contributed by atoms with Gasteiger partial charge in [0, 0.05) is 41.2 Å². The largest absolute Gasteiger partial charge is 0.490 e. The highest BCUT2D eigenvalue weighted by atomic mass is 35.5. The van der Waals surface area contributed by atoms with Crippen molar-refractivity contribution >= 4 is 63.2 Å². The van der Waals surface area contributed by atoms with Crippen molar-refractivity contribution in [2.24, 2.45) is 7.05 Å². The van der Waals surface area contributed by atoms with Crippen molar-refractivity contribution < 1.29 is 27.9 Å². The van der Waals surface area contributed by atoms with Gasteiger partial charge in [0.15, 0.2) is 5.82 Å². The van der Waals surface area contributed by atoms with E-state index >= 15 is 0 Å². The van der Waals surface area contributed by atoms with Gasteiger partial charge in [-0.3, -0.25) is 4.79 Å². The first-order chi connectivity index (χ1) is 21.0. The smallest absolute Gasteiger partial charge is 0.475 e. The number of alkyl halides is 3. The summed E-state index contributed by atoms with van der Waals surface area (Å²) in [5, 5.41) is 18.3. The molecule has 226 valence electrons. The number of carboxylic acids is 1. The van der Waals surface area contributed by atoms with Crippen LogP contribution in [0.5, 0.6) is 0 Å². The molecule has 0 unspecified atom stereocenters. The van der Waals surface area contributed by atoms with E-state index in [1.54, 1.807) is 6.20 Å². The molecule has 0 atom stereocenters. The molecular formula is C31H26ClF3N6O3. The average molecular weight is 623 g/mol. The minimum Gasteiger partial charge on any atom is -0.475 e. The summed E-state index contributed by atoms with van der Waals surface area (Å²) >= 11 is 6.38. The number of aliphatic carboxylic acids is 1. The van der Waals surface area contributed by atoms with Crippen LogP contribution in [-0.4, -0.2) is 37.7 Å². The van der Waals surface area contributed by atoms with Crippen molar-refractivity contribution in [3.63, 3.8) is 0 Å². The molecule has 6 bridgehead atoms. The molecule has 1 amide bonds. The number of fused-ring (bicyclic) bond motifs is 7. The number of amides is 1. The monoisotopic (exact) mass is 622 g/mol. The first kappa shape index (κ1) is 30.4. The molecule has 2 aromatic heterocycles. The van der Waals surface area contributed by atoms with Crippen LogP contribution in [0.1, 0.15) is 16.7 Å². The van der Waals surface area contributed by atoms with E-state index in [1.165, 1.54) is 5.56 Å². The number of halogens is 4. The number of benzene rings is 3. The molecule has 4 N–H and O–H groups in total. The van der Waals surface area contributed by atoms with E-state index in [2.05, 4.69) is 54.8 Å². The predicted octanol–water partition coefficient (Wildman–Crippen LogP) is 7.02.